The smallest absolute Gasteiger partial charge is 0.319 e. The van der Waals surface area contributed by atoms with Crippen LogP contribution in [0, 0.1) is 0 Å². The molecule has 2 N–H and O–H groups in total. The minimum absolute atomic E-state index is 0.160. The van der Waals surface area contributed by atoms with Gasteiger partial charge in [0.05, 0.1) is 0 Å². The summed E-state index contributed by atoms with van der Waals surface area (Å²) in [5.41, 5.74) is 0.809. The third kappa shape index (κ3) is 15.5. The van der Waals surface area contributed by atoms with Crippen LogP contribution >= 0.6 is 0 Å². The molecule has 1 rings (SSSR count). The van der Waals surface area contributed by atoms with Gasteiger partial charge in [-0.25, -0.2) is 4.79 Å². The monoisotopic (exact) mass is 390 g/mol. The van der Waals surface area contributed by atoms with Gasteiger partial charge in [0.2, 0.25) is 0 Å². The molecule has 1 aromatic carbocycles. The van der Waals surface area contributed by atoms with Gasteiger partial charge >= 0.3 is 6.03 Å². The largest absolute Gasteiger partial charge is 0.381 e. The van der Waals surface area contributed by atoms with Gasteiger partial charge in [0.15, 0.2) is 0 Å². The number of unbranched alkanes of at least 4 members (excludes halogenated alkanes) is 11. The Balaban J connectivity index is 1.74. The van der Waals surface area contributed by atoms with Gasteiger partial charge in [-0.15, -0.1) is 0 Å². The average molecular weight is 391 g/mol. The molecule has 0 fully saturated rings. The Bertz CT molecular complexity index is 465. The van der Waals surface area contributed by atoms with E-state index in [2.05, 4.69) is 17.6 Å². The maximum Gasteiger partial charge on any atom is 0.319 e. The highest BCUT2D eigenvalue weighted by atomic mass is 16.5. The molecule has 0 spiro atoms. The Labute approximate surface area is 172 Å². The highest BCUT2D eigenvalue weighted by Crippen LogP contribution is 2.12. The van der Waals surface area contributed by atoms with E-state index < -0.39 is 0 Å². The predicted molar refractivity (Wildman–Crippen MR) is 120 cm³/mol. The summed E-state index contributed by atoms with van der Waals surface area (Å²) in [4.78, 5) is 11.7. The van der Waals surface area contributed by atoms with Crippen molar-refractivity contribution < 1.29 is 9.53 Å². The van der Waals surface area contributed by atoms with E-state index in [9.17, 15) is 4.79 Å². The molecule has 28 heavy (non-hydrogen) atoms. The van der Waals surface area contributed by atoms with Crippen LogP contribution in [0.25, 0.3) is 0 Å². The van der Waals surface area contributed by atoms with Crippen molar-refractivity contribution in [1.29, 1.82) is 0 Å². The number of ether oxygens (including phenoxy) is 1. The molecule has 0 bridgehead atoms. The van der Waals surface area contributed by atoms with Crippen molar-refractivity contribution in [1.82, 2.24) is 5.32 Å². The van der Waals surface area contributed by atoms with Gasteiger partial charge in [0.1, 0.15) is 0 Å². The highest BCUT2D eigenvalue weighted by molar-refractivity contribution is 5.89. The first-order valence-corrected chi connectivity index (χ1v) is 11.5. The summed E-state index contributed by atoms with van der Waals surface area (Å²) in [6.07, 6.45) is 17.2. The highest BCUT2D eigenvalue weighted by Gasteiger charge is 2.00. The Morgan fingerprint density at radius 1 is 0.750 bits per heavy atom. The SMILES string of the molecule is CCCCCCCCCCCCCCOCCCNC(=O)Nc1ccccc1. The second-order valence-corrected chi connectivity index (χ2v) is 7.60. The number of amides is 2. The third-order valence-electron chi connectivity index (χ3n) is 4.92. The van der Waals surface area contributed by atoms with Crippen LogP contribution in [0.4, 0.5) is 10.5 Å². The lowest BCUT2D eigenvalue weighted by molar-refractivity contribution is 0.128. The zero-order valence-electron chi connectivity index (χ0n) is 18.0. The van der Waals surface area contributed by atoms with Crippen molar-refractivity contribution in [3.8, 4) is 0 Å². The molecule has 160 valence electrons. The van der Waals surface area contributed by atoms with Gasteiger partial charge in [-0.1, -0.05) is 95.8 Å². The maximum absolute atomic E-state index is 11.7. The summed E-state index contributed by atoms with van der Waals surface area (Å²) in [7, 11) is 0. The fourth-order valence-electron chi connectivity index (χ4n) is 3.22. The Morgan fingerprint density at radius 3 is 1.89 bits per heavy atom. The van der Waals surface area contributed by atoms with Gasteiger partial charge in [0, 0.05) is 25.4 Å². The van der Waals surface area contributed by atoms with Crippen LogP contribution in [0.3, 0.4) is 0 Å². The number of benzene rings is 1. The van der Waals surface area contributed by atoms with Gasteiger partial charge in [-0.05, 0) is 25.0 Å². The van der Waals surface area contributed by atoms with Crippen molar-refractivity contribution in [2.45, 2.75) is 90.4 Å². The Hall–Kier alpha value is -1.55. The molecule has 0 aromatic heterocycles. The van der Waals surface area contributed by atoms with Gasteiger partial charge < -0.3 is 15.4 Å². The number of carbonyl (C=O) groups excluding carboxylic acids is 1. The van der Waals surface area contributed by atoms with E-state index in [1.54, 1.807) is 0 Å². The number of para-hydroxylation sites is 1. The summed E-state index contributed by atoms with van der Waals surface area (Å²) in [6, 6.07) is 9.32. The molecule has 0 aliphatic heterocycles. The van der Waals surface area contributed by atoms with E-state index in [4.69, 9.17) is 4.74 Å². The zero-order chi connectivity index (χ0) is 20.1. The second kappa shape index (κ2) is 18.8. The van der Waals surface area contributed by atoms with Crippen LogP contribution in [0.5, 0.6) is 0 Å². The second-order valence-electron chi connectivity index (χ2n) is 7.60. The van der Waals surface area contributed by atoms with Crippen molar-refractivity contribution in [2.75, 3.05) is 25.1 Å². The minimum atomic E-state index is -0.160. The first kappa shape index (κ1) is 24.5. The predicted octanol–water partition coefficient (Wildman–Crippen LogP) is 6.92. The zero-order valence-corrected chi connectivity index (χ0v) is 18.0. The normalized spacial score (nSPS) is 10.8. The van der Waals surface area contributed by atoms with Crippen LogP contribution in [0.15, 0.2) is 30.3 Å². The lowest BCUT2D eigenvalue weighted by Crippen LogP contribution is -2.30. The lowest BCUT2D eigenvalue weighted by Gasteiger charge is -2.08. The van der Waals surface area contributed by atoms with E-state index in [1.807, 2.05) is 30.3 Å². The molecular formula is C24H42N2O2. The molecule has 0 atom stereocenters. The molecular weight excluding hydrogens is 348 g/mol. The molecule has 0 saturated carbocycles. The number of nitrogens with one attached hydrogen (secondary N) is 2. The summed E-state index contributed by atoms with van der Waals surface area (Å²) >= 11 is 0. The van der Waals surface area contributed by atoms with Crippen LogP contribution in [0.1, 0.15) is 90.4 Å². The number of hydrogen-bond donors (Lipinski definition) is 2. The lowest BCUT2D eigenvalue weighted by atomic mass is 10.1. The van der Waals surface area contributed by atoms with Crippen LogP contribution < -0.4 is 10.6 Å². The number of anilines is 1. The van der Waals surface area contributed by atoms with Crippen LogP contribution in [0.2, 0.25) is 0 Å². The standard InChI is InChI=1S/C24H42N2O2/c1-2-3-4-5-6-7-8-9-10-11-12-16-21-28-22-17-20-25-24(27)26-23-18-14-13-15-19-23/h13-15,18-19H,2-12,16-17,20-22H2,1H3,(H2,25,26,27). The molecule has 4 heteroatoms. The van der Waals surface area contributed by atoms with Gasteiger partial charge in [-0.2, -0.15) is 0 Å². The average Bonchev–Trinajstić information content (AvgIpc) is 2.71. The fraction of sp³-hybridized carbons (Fsp3) is 0.708. The fourth-order valence-corrected chi connectivity index (χ4v) is 3.22. The minimum Gasteiger partial charge on any atom is -0.381 e. The molecule has 4 nitrogen and oxygen atoms in total. The van der Waals surface area contributed by atoms with Crippen molar-refractivity contribution in [3.05, 3.63) is 30.3 Å². The molecule has 0 saturated heterocycles. The van der Waals surface area contributed by atoms with E-state index >= 15 is 0 Å². The number of hydrogen-bond acceptors (Lipinski definition) is 2. The molecule has 0 aliphatic carbocycles. The van der Waals surface area contributed by atoms with E-state index in [-0.39, 0.29) is 6.03 Å². The summed E-state index contributed by atoms with van der Waals surface area (Å²) < 4.78 is 5.65. The van der Waals surface area contributed by atoms with Crippen LogP contribution in [-0.2, 0) is 4.74 Å². The molecule has 0 heterocycles. The number of urea groups is 1. The Morgan fingerprint density at radius 2 is 1.29 bits per heavy atom. The first-order chi connectivity index (χ1) is 13.8. The molecule has 2 amide bonds. The maximum atomic E-state index is 11.7. The van der Waals surface area contributed by atoms with Crippen molar-refractivity contribution >= 4 is 11.7 Å². The third-order valence-corrected chi connectivity index (χ3v) is 4.92. The van der Waals surface area contributed by atoms with Crippen molar-refractivity contribution in [2.24, 2.45) is 0 Å². The topological polar surface area (TPSA) is 50.4 Å². The van der Waals surface area contributed by atoms with Gasteiger partial charge in [0.25, 0.3) is 0 Å². The Kier molecular flexibility index (Phi) is 16.4. The van der Waals surface area contributed by atoms with E-state index in [0.29, 0.717) is 13.2 Å². The summed E-state index contributed by atoms with van der Waals surface area (Å²) in [5, 5.41) is 5.66. The van der Waals surface area contributed by atoms with E-state index in [1.165, 1.54) is 70.6 Å². The molecule has 0 unspecified atom stereocenters. The van der Waals surface area contributed by atoms with Crippen molar-refractivity contribution in [3.63, 3.8) is 0 Å². The quantitative estimate of drug-likeness (QED) is 0.267. The summed E-state index contributed by atoms with van der Waals surface area (Å²) in [5.74, 6) is 0. The molecule has 0 aliphatic rings. The first-order valence-electron chi connectivity index (χ1n) is 11.5. The number of rotatable bonds is 18. The summed E-state index contributed by atoms with van der Waals surface area (Å²) in [6.45, 7) is 4.46. The van der Waals surface area contributed by atoms with E-state index in [0.717, 1.165) is 25.1 Å². The molecule has 0 radical (unpaired) electrons. The van der Waals surface area contributed by atoms with Gasteiger partial charge in [-0.3, -0.25) is 0 Å². The van der Waals surface area contributed by atoms with Crippen LogP contribution in [-0.4, -0.2) is 25.8 Å². The number of carbonyl (C=O) groups is 1. The molecule has 1 aromatic rings.